The van der Waals surface area contributed by atoms with E-state index in [2.05, 4.69) is 0 Å². The predicted molar refractivity (Wildman–Crippen MR) is 60.0 cm³/mol. The summed E-state index contributed by atoms with van der Waals surface area (Å²) >= 11 is 0. The van der Waals surface area contributed by atoms with E-state index in [0.717, 1.165) is 32.1 Å². The van der Waals surface area contributed by atoms with Crippen LogP contribution < -0.4 is 0 Å². The lowest BCUT2D eigenvalue weighted by Gasteiger charge is -2.47. The Morgan fingerprint density at radius 1 is 1.50 bits per heavy atom. The van der Waals surface area contributed by atoms with E-state index in [1.165, 1.54) is 0 Å². The van der Waals surface area contributed by atoms with Crippen molar-refractivity contribution in [1.29, 1.82) is 0 Å². The van der Waals surface area contributed by atoms with Gasteiger partial charge in [0, 0.05) is 6.61 Å². The second-order valence-corrected chi connectivity index (χ2v) is 5.02. The summed E-state index contributed by atoms with van der Waals surface area (Å²) in [5.41, 5.74) is -0.626. The van der Waals surface area contributed by atoms with Crippen LogP contribution in [0.1, 0.15) is 39.0 Å². The molecule has 0 aromatic heterocycles. The largest absolute Gasteiger partial charge is 0.386 e. The van der Waals surface area contributed by atoms with Crippen LogP contribution in [0.3, 0.4) is 0 Å². The molecule has 1 N–H and O–H groups in total. The number of nitrogens with zero attached hydrogens (tertiary/aromatic N) is 1. The van der Waals surface area contributed by atoms with Crippen molar-refractivity contribution in [1.82, 2.24) is 4.90 Å². The summed E-state index contributed by atoms with van der Waals surface area (Å²) in [7, 11) is 0. The van der Waals surface area contributed by atoms with Crippen LogP contribution in [-0.2, 0) is 9.53 Å². The summed E-state index contributed by atoms with van der Waals surface area (Å²) in [5.74, 6) is 0.0699. The van der Waals surface area contributed by atoms with Gasteiger partial charge in [0.25, 0.3) is 5.91 Å². The molecular weight excluding hydrogens is 206 g/mol. The zero-order valence-electron chi connectivity index (χ0n) is 9.95. The first-order chi connectivity index (χ1) is 7.64. The van der Waals surface area contributed by atoms with Gasteiger partial charge < -0.3 is 14.7 Å². The lowest BCUT2D eigenvalue weighted by molar-refractivity contribution is -0.170. The molecule has 2 aliphatic rings. The SMILES string of the molecule is CCCC1(O)CN(C(=O)C2CCCCO2)C1. The molecule has 0 aromatic carbocycles. The van der Waals surface area contributed by atoms with Gasteiger partial charge in [0.2, 0.25) is 0 Å². The Kier molecular flexibility index (Phi) is 3.50. The number of hydrogen-bond donors (Lipinski definition) is 1. The van der Waals surface area contributed by atoms with Crippen LogP contribution in [0.5, 0.6) is 0 Å². The minimum absolute atomic E-state index is 0.0699. The molecule has 2 fully saturated rings. The molecule has 92 valence electrons. The highest BCUT2D eigenvalue weighted by molar-refractivity contribution is 5.82. The van der Waals surface area contributed by atoms with E-state index in [9.17, 15) is 9.90 Å². The van der Waals surface area contributed by atoms with Crippen molar-refractivity contribution >= 4 is 5.91 Å². The zero-order valence-corrected chi connectivity index (χ0v) is 9.95. The number of ether oxygens (including phenoxy) is 1. The Hall–Kier alpha value is -0.610. The maximum atomic E-state index is 12.0. The molecule has 2 aliphatic heterocycles. The number of hydrogen-bond acceptors (Lipinski definition) is 3. The van der Waals surface area contributed by atoms with Crippen molar-refractivity contribution in [3.8, 4) is 0 Å². The van der Waals surface area contributed by atoms with Gasteiger partial charge in [-0.2, -0.15) is 0 Å². The number of carbonyl (C=O) groups is 1. The van der Waals surface area contributed by atoms with Gasteiger partial charge in [0.15, 0.2) is 0 Å². The smallest absolute Gasteiger partial charge is 0.251 e. The van der Waals surface area contributed by atoms with Crippen LogP contribution in [-0.4, -0.2) is 47.3 Å². The molecule has 0 bridgehead atoms. The molecular formula is C12H21NO3. The third-order valence-corrected chi connectivity index (χ3v) is 3.45. The molecule has 0 aliphatic carbocycles. The van der Waals surface area contributed by atoms with Crippen LogP contribution in [0.15, 0.2) is 0 Å². The molecule has 2 heterocycles. The molecule has 4 heteroatoms. The van der Waals surface area contributed by atoms with Crippen LogP contribution in [0, 0.1) is 0 Å². The third kappa shape index (κ3) is 2.38. The second kappa shape index (κ2) is 4.72. The maximum Gasteiger partial charge on any atom is 0.251 e. The molecule has 0 radical (unpaired) electrons. The minimum Gasteiger partial charge on any atom is -0.386 e. The highest BCUT2D eigenvalue weighted by atomic mass is 16.5. The van der Waals surface area contributed by atoms with Crippen molar-refractivity contribution in [2.24, 2.45) is 0 Å². The molecule has 0 saturated carbocycles. The highest BCUT2D eigenvalue weighted by Gasteiger charge is 2.44. The topological polar surface area (TPSA) is 49.8 Å². The first kappa shape index (κ1) is 11.9. The van der Waals surface area contributed by atoms with Gasteiger partial charge in [-0.1, -0.05) is 13.3 Å². The van der Waals surface area contributed by atoms with Crippen LogP contribution in [0.4, 0.5) is 0 Å². The molecule has 0 spiro atoms. The average molecular weight is 227 g/mol. The Balaban J connectivity index is 1.80. The van der Waals surface area contributed by atoms with E-state index in [0.29, 0.717) is 19.7 Å². The Morgan fingerprint density at radius 3 is 2.81 bits per heavy atom. The average Bonchev–Trinajstić information content (AvgIpc) is 2.26. The fourth-order valence-corrected chi connectivity index (χ4v) is 2.58. The molecule has 0 aromatic rings. The summed E-state index contributed by atoms with van der Waals surface area (Å²) in [6, 6.07) is 0. The molecule has 16 heavy (non-hydrogen) atoms. The van der Waals surface area contributed by atoms with Gasteiger partial charge in [-0.05, 0) is 25.7 Å². The van der Waals surface area contributed by atoms with Crippen LogP contribution in [0.2, 0.25) is 0 Å². The molecule has 4 nitrogen and oxygen atoms in total. The van der Waals surface area contributed by atoms with E-state index >= 15 is 0 Å². The highest BCUT2D eigenvalue weighted by Crippen LogP contribution is 2.27. The lowest BCUT2D eigenvalue weighted by Crippen LogP contribution is -2.65. The number of aliphatic hydroxyl groups is 1. The van der Waals surface area contributed by atoms with Gasteiger partial charge >= 0.3 is 0 Å². The monoisotopic (exact) mass is 227 g/mol. The Bertz CT molecular complexity index is 255. The standard InChI is InChI=1S/C12H21NO3/c1-2-6-12(15)8-13(9-12)11(14)10-5-3-4-7-16-10/h10,15H,2-9H2,1H3. The third-order valence-electron chi connectivity index (χ3n) is 3.45. The van der Waals surface area contributed by atoms with Gasteiger partial charge in [-0.25, -0.2) is 0 Å². The van der Waals surface area contributed by atoms with Crippen molar-refractivity contribution in [3.63, 3.8) is 0 Å². The molecule has 2 saturated heterocycles. The van der Waals surface area contributed by atoms with Gasteiger partial charge in [-0.15, -0.1) is 0 Å². The summed E-state index contributed by atoms with van der Waals surface area (Å²) in [6.45, 7) is 3.72. The van der Waals surface area contributed by atoms with Crippen molar-refractivity contribution in [2.75, 3.05) is 19.7 Å². The summed E-state index contributed by atoms with van der Waals surface area (Å²) in [4.78, 5) is 13.7. The number of carbonyl (C=O) groups excluding carboxylic acids is 1. The molecule has 1 unspecified atom stereocenters. The second-order valence-electron chi connectivity index (χ2n) is 5.02. The quantitative estimate of drug-likeness (QED) is 0.780. The molecule has 1 amide bonds. The predicted octanol–water partition coefficient (Wildman–Crippen LogP) is 0.929. The Labute approximate surface area is 96.6 Å². The van der Waals surface area contributed by atoms with E-state index in [4.69, 9.17) is 4.74 Å². The molecule has 1 atom stereocenters. The first-order valence-corrected chi connectivity index (χ1v) is 6.27. The van der Waals surface area contributed by atoms with Gasteiger partial charge in [-0.3, -0.25) is 4.79 Å². The van der Waals surface area contributed by atoms with E-state index in [-0.39, 0.29) is 12.0 Å². The zero-order chi connectivity index (χ0) is 11.6. The van der Waals surface area contributed by atoms with Crippen LogP contribution in [0.25, 0.3) is 0 Å². The van der Waals surface area contributed by atoms with Crippen molar-refractivity contribution < 1.29 is 14.6 Å². The first-order valence-electron chi connectivity index (χ1n) is 6.27. The van der Waals surface area contributed by atoms with Crippen molar-refractivity contribution in [3.05, 3.63) is 0 Å². The normalized spacial score (nSPS) is 28.6. The summed E-state index contributed by atoms with van der Waals surface area (Å²) in [5, 5.41) is 9.99. The lowest BCUT2D eigenvalue weighted by atomic mass is 9.88. The Morgan fingerprint density at radius 2 is 2.25 bits per heavy atom. The summed E-state index contributed by atoms with van der Waals surface area (Å²) in [6.07, 6.45) is 4.45. The van der Waals surface area contributed by atoms with E-state index in [1.54, 1.807) is 4.90 Å². The number of amides is 1. The fourth-order valence-electron chi connectivity index (χ4n) is 2.58. The van der Waals surface area contributed by atoms with E-state index in [1.807, 2.05) is 6.92 Å². The summed E-state index contributed by atoms with van der Waals surface area (Å²) < 4.78 is 5.45. The van der Waals surface area contributed by atoms with Crippen molar-refractivity contribution in [2.45, 2.75) is 50.7 Å². The van der Waals surface area contributed by atoms with E-state index < -0.39 is 5.60 Å². The fraction of sp³-hybridized carbons (Fsp3) is 0.917. The maximum absolute atomic E-state index is 12.0. The van der Waals surface area contributed by atoms with Gasteiger partial charge in [0.05, 0.1) is 18.7 Å². The minimum atomic E-state index is -0.626. The molecule has 2 rings (SSSR count). The van der Waals surface area contributed by atoms with Crippen LogP contribution >= 0.6 is 0 Å². The number of likely N-dealkylation sites (tertiary alicyclic amines) is 1. The number of rotatable bonds is 3. The van der Waals surface area contributed by atoms with Gasteiger partial charge in [0.1, 0.15) is 6.10 Å². The number of β-amino-alcohol motifs (C(OH)–C–C–N with tert-alkyl or cyclic N) is 1.